The Bertz CT molecular complexity index is 881. The van der Waals surface area contributed by atoms with Crippen molar-refractivity contribution in [1.29, 1.82) is 0 Å². The average molecular weight is 397 g/mol. The molecular formula is C20H17BrN2O2. The molecule has 0 saturated carbocycles. The summed E-state index contributed by atoms with van der Waals surface area (Å²) in [6, 6.07) is 19.1. The Morgan fingerprint density at radius 3 is 2.52 bits per heavy atom. The number of hydrogen-bond acceptors (Lipinski definition) is 3. The molecule has 5 heteroatoms. The molecule has 126 valence electrons. The van der Waals surface area contributed by atoms with Crippen LogP contribution in [0.1, 0.15) is 23.0 Å². The van der Waals surface area contributed by atoms with Crippen LogP contribution < -0.4 is 0 Å². The van der Waals surface area contributed by atoms with Crippen LogP contribution in [0.25, 0.3) is 5.69 Å². The minimum absolute atomic E-state index is 0.317. The Balaban J connectivity index is 1.78. The largest absolute Gasteiger partial charge is 0.462 e. The second kappa shape index (κ2) is 7.94. The van der Waals surface area contributed by atoms with Crippen LogP contribution >= 0.6 is 15.9 Å². The van der Waals surface area contributed by atoms with E-state index >= 15 is 0 Å². The van der Waals surface area contributed by atoms with Gasteiger partial charge in [-0.25, -0.2) is 4.79 Å². The van der Waals surface area contributed by atoms with Crippen LogP contribution in [0.5, 0.6) is 0 Å². The van der Waals surface area contributed by atoms with E-state index in [0.717, 1.165) is 21.5 Å². The van der Waals surface area contributed by atoms with Crippen LogP contribution in [-0.2, 0) is 4.74 Å². The molecule has 3 rings (SSSR count). The molecule has 4 nitrogen and oxygen atoms in total. The lowest BCUT2D eigenvalue weighted by atomic mass is 10.2. The SMILES string of the molecule is CCOC(=O)c1ccc(N=Cc2cccn2-c2ccc(Br)cc2)cc1. The lowest BCUT2D eigenvalue weighted by Gasteiger charge is -2.06. The third-order valence-corrected chi connectivity index (χ3v) is 4.14. The van der Waals surface area contributed by atoms with E-state index in [4.69, 9.17) is 4.74 Å². The van der Waals surface area contributed by atoms with Gasteiger partial charge < -0.3 is 9.30 Å². The Labute approximate surface area is 154 Å². The second-order valence-corrected chi connectivity index (χ2v) is 6.22. The summed E-state index contributed by atoms with van der Waals surface area (Å²) < 4.78 is 8.08. The molecule has 0 aliphatic carbocycles. The predicted molar refractivity (Wildman–Crippen MR) is 103 cm³/mol. The Hall–Kier alpha value is -2.66. The second-order valence-electron chi connectivity index (χ2n) is 5.31. The Morgan fingerprint density at radius 1 is 1.12 bits per heavy atom. The predicted octanol–water partition coefficient (Wildman–Crippen LogP) is 5.17. The summed E-state index contributed by atoms with van der Waals surface area (Å²) in [5.41, 5.74) is 3.33. The van der Waals surface area contributed by atoms with Gasteiger partial charge in [0.2, 0.25) is 0 Å². The molecule has 0 spiro atoms. The highest BCUT2D eigenvalue weighted by Gasteiger charge is 2.05. The molecule has 2 aromatic carbocycles. The van der Waals surface area contributed by atoms with Crippen LogP contribution in [0, 0.1) is 0 Å². The van der Waals surface area contributed by atoms with Crippen LogP contribution in [0.3, 0.4) is 0 Å². The summed E-state index contributed by atoms with van der Waals surface area (Å²) in [5, 5.41) is 0. The lowest BCUT2D eigenvalue weighted by Crippen LogP contribution is -2.03. The molecule has 25 heavy (non-hydrogen) atoms. The van der Waals surface area contributed by atoms with Crippen LogP contribution in [0.15, 0.2) is 76.3 Å². The lowest BCUT2D eigenvalue weighted by molar-refractivity contribution is 0.0526. The fourth-order valence-corrected chi connectivity index (χ4v) is 2.64. The molecule has 0 bridgehead atoms. The van der Waals surface area contributed by atoms with E-state index in [2.05, 4.69) is 25.5 Å². The van der Waals surface area contributed by atoms with Gasteiger partial charge in [-0.2, -0.15) is 0 Å². The molecule has 1 heterocycles. The first-order chi connectivity index (χ1) is 12.2. The van der Waals surface area contributed by atoms with E-state index in [1.165, 1.54) is 0 Å². The maximum absolute atomic E-state index is 11.7. The molecular weight excluding hydrogens is 380 g/mol. The van der Waals surface area contributed by atoms with Crippen molar-refractivity contribution in [3.8, 4) is 5.69 Å². The number of rotatable bonds is 5. The van der Waals surface area contributed by atoms with Crippen molar-refractivity contribution in [2.24, 2.45) is 4.99 Å². The summed E-state index contributed by atoms with van der Waals surface area (Å²) in [6.07, 6.45) is 3.80. The first kappa shape index (κ1) is 17.2. The van der Waals surface area contributed by atoms with Gasteiger partial charge in [0, 0.05) is 16.4 Å². The fourth-order valence-electron chi connectivity index (χ4n) is 2.37. The monoisotopic (exact) mass is 396 g/mol. The number of halogens is 1. The van der Waals surface area contributed by atoms with Crippen LogP contribution in [-0.4, -0.2) is 23.4 Å². The molecule has 0 amide bonds. The minimum atomic E-state index is -0.317. The molecule has 0 fully saturated rings. The number of nitrogens with zero attached hydrogens (tertiary/aromatic N) is 2. The van der Waals surface area contributed by atoms with Gasteiger partial charge in [-0.1, -0.05) is 15.9 Å². The fraction of sp³-hybridized carbons (Fsp3) is 0.100. The third kappa shape index (κ3) is 4.25. The molecule has 0 unspecified atom stereocenters. The normalized spacial score (nSPS) is 11.0. The van der Waals surface area contributed by atoms with Crippen molar-refractivity contribution < 1.29 is 9.53 Å². The zero-order valence-electron chi connectivity index (χ0n) is 13.7. The minimum Gasteiger partial charge on any atom is -0.462 e. The smallest absolute Gasteiger partial charge is 0.338 e. The zero-order chi connectivity index (χ0) is 17.6. The number of aliphatic imine (C=N–C) groups is 1. The highest BCUT2D eigenvalue weighted by Crippen LogP contribution is 2.17. The first-order valence-corrected chi connectivity index (χ1v) is 8.71. The number of aromatic nitrogens is 1. The van der Waals surface area contributed by atoms with E-state index in [-0.39, 0.29) is 5.97 Å². The van der Waals surface area contributed by atoms with Gasteiger partial charge in [-0.05, 0) is 67.6 Å². The van der Waals surface area contributed by atoms with E-state index in [1.54, 1.807) is 37.4 Å². The van der Waals surface area contributed by atoms with Crippen molar-refractivity contribution in [2.45, 2.75) is 6.92 Å². The van der Waals surface area contributed by atoms with Gasteiger partial charge in [-0.15, -0.1) is 0 Å². The highest BCUT2D eigenvalue weighted by molar-refractivity contribution is 9.10. The van der Waals surface area contributed by atoms with Crippen molar-refractivity contribution in [2.75, 3.05) is 6.61 Å². The van der Waals surface area contributed by atoms with Gasteiger partial charge in [0.05, 0.1) is 29.8 Å². The summed E-state index contributed by atoms with van der Waals surface area (Å²) in [5.74, 6) is -0.317. The first-order valence-electron chi connectivity index (χ1n) is 7.92. The van der Waals surface area contributed by atoms with Gasteiger partial charge in [0.1, 0.15) is 0 Å². The summed E-state index contributed by atoms with van der Waals surface area (Å²) in [7, 11) is 0. The Kier molecular flexibility index (Phi) is 5.46. The molecule has 0 atom stereocenters. The molecule has 0 N–H and O–H groups in total. The number of carbonyl (C=O) groups is 1. The standard InChI is InChI=1S/C20H17BrN2O2/c1-2-25-20(24)15-5-9-17(10-6-15)22-14-19-4-3-13-23(19)18-11-7-16(21)8-12-18/h3-14H,2H2,1H3. The maximum atomic E-state index is 11.7. The van der Waals surface area contributed by atoms with Crippen LogP contribution in [0.2, 0.25) is 0 Å². The van der Waals surface area contributed by atoms with Crippen molar-refractivity contribution in [1.82, 2.24) is 4.57 Å². The average Bonchev–Trinajstić information content (AvgIpc) is 3.10. The van der Waals surface area contributed by atoms with Crippen molar-refractivity contribution in [3.63, 3.8) is 0 Å². The zero-order valence-corrected chi connectivity index (χ0v) is 15.3. The molecule has 0 aliphatic rings. The highest BCUT2D eigenvalue weighted by atomic mass is 79.9. The summed E-state index contributed by atoms with van der Waals surface area (Å²) in [6.45, 7) is 2.16. The molecule has 0 aliphatic heterocycles. The topological polar surface area (TPSA) is 43.6 Å². The number of esters is 1. The Morgan fingerprint density at radius 2 is 1.84 bits per heavy atom. The number of carbonyl (C=O) groups excluding carboxylic acids is 1. The quantitative estimate of drug-likeness (QED) is 0.441. The van der Waals surface area contributed by atoms with E-state index in [0.29, 0.717) is 12.2 Å². The summed E-state index contributed by atoms with van der Waals surface area (Å²) in [4.78, 5) is 16.2. The molecule has 0 radical (unpaired) electrons. The van der Waals surface area contributed by atoms with Crippen LogP contribution in [0.4, 0.5) is 5.69 Å². The van der Waals surface area contributed by atoms with Crippen molar-refractivity contribution >= 4 is 33.8 Å². The van der Waals surface area contributed by atoms with Gasteiger partial charge in [0.15, 0.2) is 0 Å². The van der Waals surface area contributed by atoms with E-state index in [9.17, 15) is 4.79 Å². The molecule has 1 aromatic heterocycles. The number of ether oxygens (including phenoxy) is 1. The summed E-state index contributed by atoms with van der Waals surface area (Å²) >= 11 is 3.45. The van der Waals surface area contributed by atoms with E-state index < -0.39 is 0 Å². The van der Waals surface area contributed by atoms with Gasteiger partial charge >= 0.3 is 5.97 Å². The van der Waals surface area contributed by atoms with E-state index in [1.807, 2.05) is 42.6 Å². The van der Waals surface area contributed by atoms with Gasteiger partial charge in [-0.3, -0.25) is 4.99 Å². The molecule has 3 aromatic rings. The van der Waals surface area contributed by atoms with Gasteiger partial charge in [0.25, 0.3) is 0 Å². The number of benzene rings is 2. The molecule has 0 saturated heterocycles. The van der Waals surface area contributed by atoms with Crippen molar-refractivity contribution in [3.05, 3.63) is 82.6 Å². The maximum Gasteiger partial charge on any atom is 0.338 e. The number of hydrogen-bond donors (Lipinski definition) is 0. The third-order valence-electron chi connectivity index (χ3n) is 3.61.